The number of carbonyl (C=O) groups excluding carboxylic acids is 1. The third-order valence-electron chi connectivity index (χ3n) is 3.07. The van der Waals surface area contributed by atoms with E-state index in [1.54, 1.807) is 0 Å². The molecule has 0 unspecified atom stereocenters. The summed E-state index contributed by atoms with van der Waals surface area (Å²) in [6.07, 6.45) is 1.46. The van der Waals surface area contributed by atoms with Crippen molar-refractivity contribution in [3.8, 4) is 0 Å². The number of hydrogen-bond donors (Lipinski definition) is 1. The van der Waals surface area contributed by atoms with E-state index < -0.39 is 0 Å². The van der Waals surface area contributed by atoms with Gasteiger partial charge < -0.3 is 5.32 Å². The first-order valence-corrected chi connectivity index (χ1v) is 7.07. The molecule has 0 aliphatic heterocycles. The Hall–Kier alpha value is -1.94. The van der Waals surface area contributed by atoms with E-state index in [0.717, 1.165) is 11.3 Å². The lowest BCUT2D eigenvalue weighted by Crippen LogP contribution is -2.19. The molecule has 0 bridgehead atoms. The average molecular weight is 304 g/mol. The summed E-state index contributed by atoms with van der Waals surface area (Å²) in [7, 11) is 0. The smallest absolute Gasteiger partial charge is 0.275 e. The van der Waals surface area contributed by atoms with Gasteiger partial charge in [-0.15, -0.1) is 0 Å². The number of benzene rings is 1. The number of hydrogen-bond acceptors (Lipinski definition) is 3. The highest BCUT2D eigenvalue weighted by Crippen LogP contribution is 2.26. The molecule has 5 heteroatoms. The molecule has 2 aromatic rings. The molecular weight excluding hydrogens is 286 g/mol. The number of para-hydroxylation sites is 1. The Bertz CT molecular complexity index is 677. The number of nitrogens with zero attached hydrogens (tertiary/aromatic N) is 2. The maximum absolute atomic E-state index is 12.2. The van der Waals surface area contributed by atoms with Gasteiger partial charge in [-0.2, -0.15) is 0 Å². The van der Waals surface area contributed by atoms with Crippen LogP contribution >= 0.6 is 11.6 Å². The van der Waals surface area contributed by atoms with Gasteiger partial charge in [0.2, 0.25) is 0 Å². The van der Waals surface area contributed by atoms with E-state index in [-0.39, 0.29) is 22.2 Å². The zero-order valence-electron chi connectivity index (χ0n) is 12.6. The molecular formula is C16H18ClN3O. The molecule has 4 nitrogen and oxygen atoms in total. The molecule has 1 heterocycles. The van der Waals surface area contributed by atoms with Crippen molar-refractivity contribution in [1.29, 1.82) is 0 Å². The zero-order chi connectivity index (χ0) is 15.6. The molecule has 0 aliphatic rings. The molecule has 0 saturated heterocycles. The van der Waals surface area contributed by atoms with Gasteiger partial charge >= 0.3 is 0 Å². The second-order valence-corrected chi connectivity index (χ2v) is 6.27. The van der Waals surface area contributed by atoms with Crippen LogP contribution in [0.2, 0.25) is 5.15 Å². The van der Waals surface area contributed by atoms with Crippen LogP contribution in [0.5, 0.6) is 0 Å². The van der Waals surface area contributed by atoms with E-state index in [9.17, 15) is 4.79 Å². The largest absolute Gasteiger partial charge is 0.320 e. The minimum atomic E-state index is -0.320. The molecule has 0 spiro atoms. The van der Waals surface area contributed by atoms with Crippen LogP contribution in [0.15, 0.2) is 30.5 Å². The highest BCUT2D eigenvalue weighted by Gasteiger charge is 2.21. The lowest BCUT2D eigenvalue weighted by Gasteiger charge is -2.18. The van der Waals surface area contributed by atoms with Gasteiger partial charge in [-0.25, -0.2) is 4.98 Å². The fraction of sp³-hybridized carbons (Fsp3) is 0.312. The van der Waals surface area contributed by atoms with Crippen LogP contribution < -0.4 is 5.32 Å². The van der Waals surface area contributed by atoms with Crippen molar-refractivity contribution in [1.82, 2.24) is 9.97 Å². The summed E-state index contributed by atoms with van der Waals surface area (Å²) in [4.78, 5) is 20.6. The first-order chi connectivity index (χ1) is 9.79. The second-order valence-electron chi connectivity index (χ2n) is 5.91. The lowest BCUT2D eigenvalue weighted by molar-refractivity contribution is 0.102. The highest BCUT2D eigenvalue weighted by molar-refractivity contribution is 6.30. The zero-order valence-corrected chi connectivity index (χ0v) is 13.3. The van der Waals surface area contributed by atoms with Gasteiger partial charge in [-0.3, -0.25) is 9.78 Å². The van der Waals surface area contributed by atoms with Crippen LogP contribution in [0.4, 0.5) is 5.69 Å². The summed E-state index contributed by atoms with van der Waals surface area (Å²) < 4.78 is 0. The van der Waals surface area contributed by atoms with Crippen LogP contribution in [0.3, 0.4) is 0 Å². The molecule has 0 atom stereocenters. The van der Waals surface area contributed by atoms with Crippen LogP contribution in [-0.2, 0) is 5.41 Å². The summed E-state index contributed by atoms with van der Waals surface area (Å²) in [5, 5.41) is 3.08. The van der Waals surface area contributed by atoms with Crippen molar-refractivity contribution in [2.24, 2.45) is 0 Å². The molecule has 0 radical (unpaired) electrons. The molecule has 21 heavy (non-hydrogen) atoms. The Morgan fingerprint density at radius 3 is 2.48 bits per heavy atom. The fourth-order valence-corrected chi connectivity index (χ4v) is 2.30. The van der Waals surface area contributed by atoms with Gasteiger partial charge in [0.15, 0.2) is 5.15 Å². The number of rotatable bonds is 2. The first kappa shape index (κ1) is 15.4. The number of anilines is 1. The SMILES string of the molecule is Cc1ccccc1NC(=O)c1cnc(C(C)(C)C)c(Cl)n1. The van der Waals surface area contributed by atoms with E-state index in [2.05, 4.69) is 15.3 Å². The molecule has 0 saturated carbocycles. The van der Waals surface area contributed by atoms with E-state index in [4.69, 9.17) is 11.6 Å². The predicted octanol–water partition coefficient (Wildman–Crippen LogP) is 3.99. The summed E-state index contributed by atoms with van der Waals surface area (Å²) in [6, 6.07) is 7.55. The second kappa shape index (κ2) is 5.82. The van der Waals surface area contributed by atoms with Crippen molar-refractivity contribution in [3.05, 3.63) is 52.6 Å². The van der Waals surface area contributed by atoms with Gasteiger partial charge in [0, 0.05) is 11.1 Å². The number of amides is 1. The number of nitrogens with one attached hydrogen (secondary N) is 1. The minimum absolute atomic E-state index is 0.205. The Morgan fingerprint density at radius 1 is 1.24 bits per heavy atom. The molecule has 1 aromatic carbocycles. The summed E-state index contributed by atoms with van der Waals surface area (Å²) in [6.45, 7) is 7.92. The molecule has 1 amide bonds. The van der Waals surface area contributed by atoms with Crippen molar-refractivity contribution in [2.75, 3.05) is 5.32 Å². The van der Waals surface area contributed by atoms with Gasteiger partial charge in [0.05, 0.1) is 11.9 Å². The van der Waals surface area contributed by atoms with E-state index in [1.165, 1.54) is 6.20 Å². The molecule has 0 fully saturated rings. The number of aromatic nitrogens is 2. The average Bonchev–Trinajstić information content (AvgIpc) is 2.39. The standard InChI is InChI=1S/C16H18ClN3O/c1-10-7-5-6-8-11(10)20-15(21)12-9-18-13(14(17)19-12)16(2,3)4/h5-9H,1-4H3,(H,20,21). The van der Waals surface area contributed by atoms with Crippen molar-refractivity contribution in [2.45, 2.75) is 33.1 Å². The van der Waals surface area contributed by atoms with Gasteiger partial charge in [0.25, 0.3) is 5.91 Å². The van der Waals surface area contributed by atoms with Crippen molar-refractivity contribution in [3.63, 3.8) is 0 Å². The van der Waals surface area contributed by atoms with Gasteiger partial charge in [0.1, 0.15) is 5.69 Å². The normalized spacial score (nSPS) is 11.3. The number of carbonyl (C=O) groups is 1. The van der Waals surface area contributed by atoms with Crippen LogP contribution in [0, 0.1) is 6.92 Å². The van der Waals surface area contributed by atoms with Crippen molar-refractivity contribution < 1.29 is 4.79 Å². The third kappa shape index (κ3) is 3.58. The quantitative estimate of drug-likeness (QED) is 0.912. The number of aryl methyl sites for hydroxylation is 1. The van der Waals surface area contributed by atoms with E-state index in [1.807, 2.05) is 52.0 Å². The summed E-state index contributed by atoms with van der Waals surface area (Å²) in [5.74, 6) is -0.320. The molecule has 2 rings (SSSR count). The Balaban J connectivity index is 2.25. The summed E-state index contributed by atoms with van der Waals surface area (Å²) >= 11 is 6.14. The summed E-state index contributed by atoms with van der Waals surface area (Å²) in [5.41, 5.74) is 2.40. The fourth-order valence-electron chi connectivity index (χ4n) is 1.88. The van der Waals surface area contributed by atoms with E-state index in [0.29, 0.717) is 5.69 Å². The third-order valence-corrected chi connectivity index (χ3v) is 3.33. The molecule has 0 aliphatic carbocycles. The Labute approximate surface area is 129 Å². The maximum atomic E-state index is 12.2. The van der Waals surface area contributed by atoms with E-state index >= 15 is 0 Å². The molecule has 1 N–H and O–H groups in total. The van der Waals surface area contributed by atoms with Gasteiger partial charge in [-0.05, 0) is 18.6 Å². The van der Waals surface area contributed by atoms with Crippen molar-refractivity contribution >= 4 is 23.2 Å². The van der Waals surface area contributed by atoms with Gasteiger partial charge in [-0.1, -0.05) is 50.6 Å². The highest BCUT2D eigenvalue weighted by atomic mass is 35.5. The number of halogens is 1. The minimum Gasteiger partial charge on any atom is -0.320 e. The Kier molecular flexibility index (Phi) is 4.28. The molecule has 110 valence electrons. The monoisotopic (exact) mass is 303 g/mol. The van der Waals surface area contributed by atoms with Crippen LogP contribution in [0.1, 0.15) is 42.5 Å². The topological polar surface area (TPSA) is 54.9 Å². The van der Waals surface area contributed by atoms with Crippen LogP contribution in [0.25, 0.3) is 0 Å². The Morgan fingerprint density at radius 2 is 1.90 bits per heavy atom. The van der Waals surface area contributed by atoms with Crippen LogP contribution in [-0.4, -0.2) is 15.9 Å². The predicted molar refractivity (Wildman–Crippen MR) is 84.9 cm³/mol. The molecule has 1 aromatic heterocycles. The lowest BCUT2D eigenvalue weighted by atomic mass is 9.92. The maximum Gasteiger partial charge on any atom is 0.275 e. The first-order valence-electron chi connectivity index (χ1n) is 6.69.